The molecular formula is C18H21FN4O2. The number of rotatable bonds is 5. The average Bonchev–Trinajstić information content (AvgIpc) is 3.19. The third-order valence-electron chi connectivity index (χ3n) is 4.59. The number of nitrogens with zero attached hydrogens (tertiary/aromatic N) is 3. The van der Waals surface area contributed by atoms with Crippen LogP contribution in [0.4, 0.5) is 4.39 Å². The third-order valence-corrected chi connectivity index (χ3v) is 4.59. The Labute approximate surface area is 145 Å². The second kappa shape index (κ2) is 7.04. The lowest BCUT2D eigenvalue weighted by Gasteiger charge is -2.21. The monoisotopic (exact) mass is 344 g/mol. The van der Waals surface area contributed by atoms with Crippen LogP contribution in [0.5, 0.6) is 0 Å². The molecule has 0 radical (unpaired) electrons. The number of nitrogens with one attached hydrogen (secondary N) is 1. The van der Waals surface area contributed by atoms with Crippen LogP contribution < -0.4 is 5.32 Å². The Morgan fingerprint density at radius 1 is 1.44 bits per heavy atom. The smallest absolute Gasteiger partial charge is 0.226 e. The van der Waals surface area contributed by atoms with E-state index in [0.717, 1.165) is 0 Å². The van der Waals surface area contributed by atoms with Crippen LogP contribution in [0.1, 0.15) is 30.8 Å². The zero-order valence-corrected chi connectivity index (χ0v) is 14.3. The second-order valence-electron chi connectivity index (χ2n) is 6.19. The summed E-state index contributed by atoms with van der Waals surface area (Å²) in [5.41, 5.74) is 0.349. The van der Waals surface area contributed by atoms with Gasteiger partial charge in [0.15, 0.2) is 0 Å². The van der Waals surface area contributed by atoms with E-state index >= 15 is 0 Å². The highest BCUT2D eigenvalue weighted by Gasteiger charge is 2.35. The zero-order valence-electron chi connectivity index (χ0n) is 14.3. The maximum absolute atomic E-state index is 14.3. The van der Waals surface area contributed by atoms with Gasteiger partial charge in [-0.1, -0.05) is 18.2 Å². The Kier molecular flexibility index (Phi) is 4.83. The standard InChI is InChI=1S/C18H21FN4O2/c1-3-23-11-12(10-15(23)24)18(25)21-16(17-20-8-9-22(17)2)13-6-4-5-7-14(13)19/h4-9,12,16H,3,10-11H2,1-2H3,(H,21,25). The van der Waals surface area contributed by atoms with Crippen molar-refractivity contribution in [1.29, 1.82) is 0 Å². The molecule has 3 rings (SSSR count). The first-order valence-corrected chi connectivity index (χ1v) is 8.31. The zero-order chi connectivity index (χ0) is 18.0. The van der Waals surface area contributed by atoms with Crippen LogP contribution in [-0.2, 0) is 16.6 Å². The number of aromatic nitrogens is 2. The number of aryl methyl sites for hydroxylation is 1. The predicted octanol–water partition coefficient (Wildman–Crippen LogP) is 1.63. The summed E-state index contributed by atoms with van der Waals surface area (Å²) >= 11 is 0. The van der Waals surface area contributed by atoms with Crippen molar-refractivity contribution >= 4 is 11.8 Å². The fourth-order valence-corrected chi connectivity index (χ4v) is 3.16. The van der Waals surface area contributed by atoms with Crippen molar-refractivity contribution in [3.63, 3.8) is 0 Å². The Balaban J connectivity index is 1.86. The topological polar surface area (TPSA) is 67.2 Å². The van der Waals surface area contributed by atoms with E-state index in [1.165, 1.54) is 6.07 Å². The number of carbonyl (C=O) groups excluding carboxylic acids is 2. The summed E-state index contributed by atoms with van der Waals surface area (Å²) < 4.78 is 16.1. The molecule has 1 fully saturated rings. The molecule has 25 heavy (non-hydrogen) atoms. The van der Waals surface area contributed by atoms with Crippen LogP contribution in [0.25, 0.3) is 0 Å². The van der Waals surface area contributed by atoms with E-state index in [4.69, 9.17) is 0 Å². The summed E-state index contributed by atoms with van der Waals surface area (Å²) in [5.74, 6) is -0.590. The molecule has 1 aliphatic heterocycles. The van der Waals surface area contributed by atoms with Crippen LogP contribution in [0.15, 0.2) is 36.7 Å². The summed E-state index contributed by atoms with van der Waals surface area (Å²) in [6, 6.07) is 5.60. The fourth-order valence-electron chi connectivity index (χ4n) is 3.16. The Bertz CT molecular complexity index is 789. The summed E-state index contributed by atoms with van der Waals surface area (Å²) in [6.07, 6.45) is 3.53. The van der Waals surface area contributed by atoms with Gasteiger partial charge in [0.25, 0.3) is 0 Å². The minimum atomic E-state index is -0.709. The highest BCUT2D eigenvalue weighted by atomic mass is 19.1. The van der Waals surface area contributed by atoms with Gasteiger partial charge in [0.1, 0.15) is 17.7 Å². The van der Waals surface area contributed by atoms with Crippen molar-refractivity contribution in [3.8, 4) is 0 Å². The molecule has 132 valence electrons. The van der Waals surface area contributed by atoms with Crippen molar-refractivity contribution in [2.24, 2.45) is 13.0 Å². The molecule has 1 aromatic heterocycles. The van der Waals surface area contributed by atoms with Gasteiger partial charge in [0.2, 0.25) is 11.8 Å². The van der Waals surface area contributed by atoms with Gasteiger partial charge >= 0.3 is 0 Å². The van der Waals surface area contributed by atoms with Gasteiger partial charge < -0.3 is 14.8 Å². The molecule has 6 nitrogen and oxygen atoms in total. The lowest BCUT2D eigenvalue weighted by molar-refractivity contribution is -0.129. The molecule has 2 unspecified atom stereocenters. The first-order chi connectivity index (χ1) is 12.0. The number of hydrogen-bond donors (Lipinski definition) is 1. The molecule has 0 saturated carbocycles. The quantitative estimate of drug-likeness (QED) is 0.896. The molecule has 2 heterocycles. The van der Waals surface area contributed by atoms with Crippen molar-refractivity contribution in [1.82, 2.24) is 19.8 Å². The van der Waals surface area contributed by atoms with Gasteiger partial charge in [-0.05, 0) is 13.0 Å². The molecule has 2 aromatic rings. The van der Waals surface area contributed by atoms with Gasteiger partial charge in [0.05, 0.1) is 5.92 Å². The maximum Gasteiger partial charge on any atom is 0.226 e. The highest BCUT2D eigenvalue weighted by Crippen LogP contribution is 2.25. The summed E-state index contributed by atoms with van der Waals surface area (Å²) in [4.78, 5) is 30.5. The average molecular weight is 344 g/mol. The summed E-state index contributed by atoms with van der Waals surface area (Å²) in [5, 5.41) is 2.88. The molecule has 1 aromatic carbocycles. The van der Waals surface area contributed by atoms with Gasteiger partial charge in [-0.15, -0.1) is 0 Å². The first-order valence-electron chi connectivity index (χ1n) is 8.31. The molecule has 2 amide bonds. The van der Waals surface area contributed by atoms with Crippen LogP contribution in [-0.4, -0.2) is 39.4 Å². The normalized spacial score (nSPS) is 18.4. The van der Waals surface area contributed by atoms with Crippen molar-refractivity contribution in [3.05, 3.63) is 53.9 Å². The lowest BCUT2D eigenvalue weighted by atomic mass is 10.0. The van der Waals surface area contributed by atoms with Gasteiger partial charge in [-0.2, -0.15) is 0 Å². The maximum atomic E-state index is 14.3. The number of likely N-dealkylation sites (tertiary alicyclic amines) is 1. The molecule has 1 N–H and O–H groups in total. The number of carbonyl (C=O) groups is 2. The van der Waals surface area contributed by atoms with Crippen LogP contribution in [0, 0.1) is 11.7 Å². The van der Waals surface area contributed by atoms with E-state index in [-0.39, 0.29) is 18.2 Å². The van der Waals surface area contributed by atoms with Gasteiger partial charge in [0, 0.05) is 44.5 Å². The summed E-state index contributed by atoms with van der Waals surface area (Å²) in [7, 11) is 1.79. The van der Waals surface area contributed by atoms with Gasteiger partial charge in [-0.25, -0.2) is 9.37 Å². The Hall–Kier alpha value is -2.70. The summed E-state index contributed by atoms with van der Waals surface area (Å²) in [6.45, 7) is 2.86. The molecule has 1 saturated heterocycles. The largest absolute Gasteiger partial charge is 0.342 e. The third kappa shape index (κ3) is 3.40. The minimum absolute atomic E-state index is 0.0258. The molecule has 0 spiro atoms. The van der Waals surface area contributed by atoms with E-state index in [2.05, 4.69) is 10.3 Å². The molecule has 1 aliphatic rings. The van der Waals surface area contributed by atoms with Gasteiger partial charge in [-0.3, -0.25) is 9.59 Å². The Morgan fingerprint density at radius 3 is 2.80 bits per heavy atom. The second-order valence-corrected chi connectivity index (χ2v) is 6.19. The number of imidazole rings is 1. The van der Waals surface area contributed by atoms with E-state index in [1.807, 2.05) is 6.92 Å². The minimum Gasteiger partial charge on any atom is -0.342 e. The molecule has 7 heteroatoms. The van der Waals surface area contributed by atoms with E-state index in [1.54, 1.807) is 47.1 Å². The fraction of sp³-hybridized carbons (Fsp3) is 0.389. The number of halogens is 1. The number of amides is 2. The van der Waals surface area contributed by atoms with E-state index in [9.17, 15) is 14.0 Å². The Morgan fingerprint density at radius 2 is 2.20 bits per heavy atom. The lowest BCUT2D eigenvalue weighted by Crippen LogP contribution is -2.37. The van der Waals surface area contributed by atoms with Crippen LogP contribution in [0.3, 0.4) is 0 Å². The van der Waals surface area contributed by atoms with Crippen LogP contribution >= 0.6 is 0 Å². The predicted molar refractivity (Wildman–Crippen MR) is 90.0 cm³/mol. The van der Waals surface area contributed by atoms with Crippen molar-refractivity contribution < 1.29 is 14.0 Å². The SMILES string of the molecule is CCN1CC(C(=O)NC(c2ccccc2F)c2nccn2C)CC1=O. The molecular weight excluding hydrogens is 323 g/mol. The molecule has 0 aliphatic carbocycles. The van der Waals surface area contributed by atoms with Crippen molar-refractivity contribution in [2.45, 2.75) is 19.4 Å². The first kappa shape index (κ1) is 17.1. The number of benzene rings is 1. The molecule has 2 atom stereocenters. The van der Waals surface area contributed by atoms with E-state index in [0.29, 0.717) is 24.5 Å². The number of hydrogen-bond acceptors (Lipinski definition) is 3. The van der Waals surface area contributed by atoms with E-state index < -0.39 is 17.8 Å². The van der Waals surface area contributed by atoms with Crippen LogP contribution in [0.2, 0.25) is 0 Å². The van der Waals surface area contributed by atoms with Crippen molar-refractivity contribution in [2.75, 3.05) is 13.1 Å². The molecule has 0 bridgehead atoms. The highest BCUT2D eigenvalue weighted by molar-refractivity contribution is 5.89.